The molecule has 1 heterocycles. The molecular weight excluding hydrogens is 351 g/mol. The molecule has 6 heteroatoms. The van der Waals surface area contributed by atoms with Gasteiger partial charge in [-0.05, 0) is 24.3 Å². The van der Waals surface area contributed by atoms with Crippen molar-refractivity contribution in [2.45, 2.75) is 0 Å². The molecule has 3 rings (SSSR count). The number of halogens is 2. The second kappa shape index (κ2) is 6.71. The van der Waals surface area contributed by atoms with Crippen molar-refractivity contribution in [1.82, 2.24) is 9.97 Å². The summed E-state index contributed by atoms with van der Waals surface area (Å²) in [4.78, 5) is 20.3. The number of nitrogens with zero attached hydrogens (tertiary/aromatic N) is 2. The minimum Gasteiger partial charge on any atom is -0.280 e. The molecule has 2 aromatic carbocycles. The first-order valence-corrected chi connectivity index (χ1v) is 7.87. The molecule has 0 aliphatic carbocycles. The van der Waals surface area contributed by atoms with E-state index in [1.807, 2.05) is 24.3 Å². The number of hydrogen-bond acceptors (Lipinski definition) is 3. The molecule has 114 valence electrons. The molecule has 3 nitrogen and oxygen atoms in total. The summed E-state index contributed by atoms with van der Waals surface area (Å²) in [5.41, 5.74) is 3.09. The summed E-state index contributed by atoms with van der Waals surface area (Å²) in [6.45, 7) is 0. The second-order valence-electron chi connectivity index (χ2n) is 4.77. The lowest BCUT2D eigenvalue weighted by molar-refractivity contribution is 0.108. The van der Waals surface area contributed by atoms with Gasteiger partial charge in [0, 0.05) is 21.2 Å². The lowest BCUT2D eigenvalue weighted by atomic mass is 10.0. The van der Waals surface area contributed by atoms with Crippen LogP contribution in [0, 0.1) is 0 Å². The molecule has 0 bridgehead atoms. The van der Waals surface area contributed by atoms with Crippen LogP contribution in [-0.2, 0) is 0 Å². The van der Waals surface area contributed by atoms with E-state index >= 15 is 0 Å². The predicted molar refractivity (Wildman–Crippen MR) is 96.2 cm³/mol. The van der Waals surface area contributed by atoms with Crippen molar-refractivity contribution in [2.75, 3.05) is 0 Å². The van der Waals surface area contributed by atoms with Gasteiger partial charge in [-0.3, -0.25) is 9.78 Å². The minimum absolute atomic E-state index is 0.191. The van der Waals surface area contributed by atoms with Crippen molar-refractivity contribution in [3.05, 3.63) is 70.5 Å². The van der Waals surface area contributed by atoms with Crippen molar-refractivity contribution in [1.29, 1.82) is 0 Å². The zero-order chi connectivity index (χ0) is 16.4. The van der Waals surface area contributed by atoms with E-state index in [1.165, 1.54) is 6.20 Å². The summed E-state index contributed by atoms with van der Waals surface area (Å²) < 4.78 is 0. The Morgan fingerprint density at radius 1 is 0.826 bits per heavy atom. The molecular formula is C17H10Cl2N2OS. The molecule has 0 amide bonds. The molecule has 23 heavy (non-hydrogen) atoms. The van der Waals surface area contributed by atoms with Crippen LogP contribution in [-0.4, -0.2) is 15.1 Å². The van der Waals surface area contributed by atoms with Gasteiger partial charge in [-0.25, -0.2) is 4.98 Å². The third kappa shape index (κ3) is 3.55. The SMILES string of the molecule is O=C(S)c1cnc(-c2ccc(Cl)cc2)c(-c2ccc(Cl)cc2)n1. The summed E-state index contributed by atoms with van der Waals surface area (Å²) in [5, 5.41) is 0.823. The van der Waals surface area contributed by atoms with E-state index in [-0.39, 0.29) is 5.69 Å². The largest absolute Gasteiger partial charge is 0.280 e. The van der Waals surface area contributed by atoms with Gasteiger partial charge in [-0.15, -0.1) is 0 Å². The average Bonchev–Trinajstić information content (AvgIpc) is 2.56. The topological polar surface area (TPSA) is 42.9 Å². The molecule has 0 fully saturated rings. The first-order chi connectivity index (χ1) is 11.0. The summed E-state index contributed by atoms with van der Waals surface area (Å²) in [5.74, 6) is 0. The third-order valence-corrected chi connectivity index (χ3v) is 3.96. The maximum absolute atomic E-state index is 11.5. The zero-order valence-electron chi connectivity index (χ0n) is 11.7. The summed E-state index contributed by atoms with van der Waals surface area (Å²) in [6, 6.07) is 14.5. The van der Waals surface area contributed by atoms with Gasteiger partial charge < -0.3 is 0 Å². The lowest BCUT2D eigenvalue weighted by Gasteiger charge is -2.10. The lowest BCUT2D eigenvalue weighted by Crippen LogP contribution is -2.01. The highest BCUT2D eigenvalue weighted by Crippen LogP contribution is 2.30. The van der Waals surface area contributed by atoms with E-state index in [4.69, 9.17) is 23.2 Å². The van der Waals surface area contributed by atoms with Crippen LogP contribution in [0.15, 0.2) is 54.7 Å². The standard InChI is InChI=1S/C17H10Cl2N2OS/c18-12-5-1-10(2-6-12)15-16(11-3-7-13(19)8-4-11)21-14(9-20-15)17(22)23/h1-9H,(H,22,23). The Morgan fingerprint density at radius 3 is 1.78 bits per heavy atom. The molecule has 0 radical (unpaired) electrons. The Balaban J connectivity index is 2.20. The van der Waals surface area contributed by atoms with Crippen LogP contribution in [0.5, 0.6) is 0 Å². The fourth-order valence-corrected chi connectivity index (χ4v) is 2.48. The van der Waals surface area contributed by atoms with E-state index in [1.54, 1.807) is 24.3 Å². The molecule has 0 aliphatic heterocycles. The van der Waals surface area contributed by atoms with Gasteiger partial charge in [0.2, 0.25) is 5.12 Å². The summed E-state index contributed by atoms with van der Waals surface area (Å²) >= 11 is 15.7. The van der Waals surface area contributed by atoms with E-state index in [0.717, 1.165) is 11.1 Å². The van der Waals surface area contributed by atoms with Gasteiger partial charge in [0.15, 0.2) is 0 Å². The highest BCUT2D eigenvalue weighted by molar-refractivity contribution is 7.97. The van der Waals surface area contributed by atoms with Gasteiger partial charge in [0.1, 0.15) is 5.69 Å². The fraction of sp³-hybridized carbons (Fsp3) is 0. The van der Waals surface area contributed by atoms with Crippen molar-refractivity contribution in [3.63, 3.8) is 0 Å². The van der Waals surface area contributed by atoms with Crippen molar-refractivity contribution < 1.29 is 4.79 Å². The average molecular weight is 361 g/mol. The smallest absolute Gasteiger partial charge is 0.236 e. The maximum atomic E-state index is 11.5. The fourth-order valence-electron chi connectivity index (χ4n) is 2.12. The summed E-state index contributed by atoms with van der Waals surface area (Å²) in [6.07, 6.45) is 1.42. The van der Waals surface area contributed by atoms with Crippen LogP contribution in [0.1, 0.15) is 10.5 Å². The Kier molecular flexibility index (Phi) is 4.66. The molecule has 0 saturated heterocycles. The third-order valence-electron chi connectivity index (χ3n) is 3.23. The number of rotatable bonds is 3. The zero-order valence-corrected chi connectivity index (χ0v) is 14.1. The van der Waals surface area contributed by atoms with Crippen LogP contribution in [0.3, 0.4) is 0 Å². The molecule has 0 spiro atoms. The highest BCUT2D eigenvalue weighted by Gasteiger charge is 2.14. The number of carbonyl (C=O) groups excluding carboxylic acids is 1. The van der Waals surface area contributed by atoms with Crippen LogP contribution < -0.4 is 0 Å². The normalized spacial score (nSPS) is 10.6. The van der Waals surface area contributed by atoms with Crippen LogP contribution in [0.2, 0.25) is 10.0 Å². The number of benzene rings is 2. The van der Waals surface area contributed by atoms with E-state index in [2.05, 4.69) is 22.6 Å². The predicted octanol–water partition coefficient (Wildman–Crippen LogP) is 5.19. The van der Waals surface area contributed by atoms with Gasteiger partial charge in [0.25, 0.3) is 0 Å². The molecule has 0 N–H and O–H groups in total. The Labute approximate surface area is 148 Å². The van der Waals surface area contributed by atoms with Gasteiger partial charge in [0.05, 0.1) is 17.6 Å². The molecule has 0 saturated carbocycles. The van der Waals surface area contributed by atoms with Gasteiger partial charge in [-0.1, -0.05) is 60.1 Å². The number of aromatic nitrogens is 2. The highest BCUT2D eigenvalue weighted by atomic mass is 35.5. The summed E-state index contributed by atoms with van der Waals surface area (Å²) in [7, 11) is 0. The van der Waals surface area contributed by atoms with Crippen molar-refractivity contribution in [3.8, 4) is 22.5 Å². The van der Waals surface area contributed by atoms with Crippen molar-refractivity contribution >= 4 is 40.9 Å². The molecule has 0 unspecified atom stereocenters. The number of thiol groups is 1. The van der Waals surface area contributed by atoms with E-state index in [9.17, 15) is 4.79 Å². The van der Waals surface area contributed by atoms with Crippen LogP contribution in [0.25, 0.3) is 22.5 Å². The molecule has 0 aliphatic rings. The Morgan fingerprint density at radius 2 is 1.30 bits per heavy atom. The molecule has 3 aromatic rings. The second-order valence-corrected chi connectivity index (χ2v) is 6.05. The minimum atomic E-state index is -0.435. The first-order valence-electron chi connectivity index (χ1n) is 6.67. The number of hydrogen-bond donors (Lipinski definition) is 1. The van der Waals surface area contributed by atoms with Crippen LogP contribution >= 0.6 is 35.8 Å². The van der Waals surface area contributed by atoms with E-state index < -0.39 is 5.12 Å². The van der Waals surface area contributed by atoms with E-state index in [0.29, 0.717) is 21.4 Å². The molecule has 1 aromatic heterocycles. The van der Waals surface area contributed by atoms with Crippen molar-refractivity contribution in [2.24, 2.45) is 0 Å². The monoisotopic (exact) mass is 360 g/mol. The van der Waals surface area contributed by atoms with Gasteiger partial charge in [-0.2, -0.15) is 0 Å². The van der Waals surface area contributed by atoms with Crippen LogP contribution in [0.4, 0.5) is 0 Å². The van der Waals surface area contributed by atoms with Gasteiger partial charge >= 0.3 is 0 Å². The first kappa shape index (κ1) is 16.0. The Bertz CT molecular complexity index is 865. The molecule has 0 atom stereocenters. The quantitative estimate of drug-likeness (QED) is 0.653. The number of carbonyl (C=O) groups is 1. The Hall–Kier alpha value is -1.88. The maximum Gasteiger partial charge on any atom is 0.236 e.